The molecule has 1 saturated heterocycles. The fourth-order valence-corrected chi connectivity index (χ4v) is 4.74. The Morgan fingerprint density at radius 2 is 1.79 bits per heavy atom. The van der Waals surface area contributed by atoms with Crippen molar-refractivity contribution in [3.63, 3.8) is 0 Å². The molecule has 2 N–H and O–H groups in total. The smallest absolute Gasteiger partial charge is 0.258 e. The predicted octanol–water partition coefficient (Wildman–Crippen LogP) is 2.79. The second-order valence-corrected chi connectivity index (χ2v) is 10.2. The molecular formula is C23H28FN3O5S. The van der Waals surface area contributed by atoms with Crippen LogP contribution in [0.1, 0.15) is 40.1 Å². The van der Waals surface area contributed by atoms with Crippen LogP contribution < -0.4 is 10.6 Å². The Hall–Kier alpha value is -2.82. The van der Waals surface area contributed by atoms with Crippen LogP contribution in [0, 0.1) is 18.7 Å². The van der Waals surface area contributed by atoms with Gasteiger partial charge in [0, 0.05) is 30.9 Å². The van der Waals surface area contributed by atoms with E-state index in [1.165, 1.54) is 4.31 Å². The molecule has 2 aromatic carbocycles. The van der Waals surface area contributed by atoms with Crippen molar-refractivity contribution in [1.82, 2.24) is 9.62 Å². The summed E-state index contributed by atoms with van der Waals surface area (Å²) in [5, 5.41) is 5.42. The van der Waals surface area contributed by atoms with E-state index >= 15 is 0 Å². The van der Waals surface area contributed by atoms with Crippen LogP contribution in [0.15, 0.2) is 41.3 Å². The van der Waals surface area contributed by atoms with Gasteiger partial charge in [-0.3, -0.25) is 9.59 Å². The zero-order chi connectivity index (χ0) is 24.2. The Kier molecular flexibility index (Phi) is 7.83. The molecule has 0 unspecified atom stereocenters. The number of nitrogens with zero attached hydrogens (tertiary/aromatic N) is 1. The molecule has 1 aliphatic heterocycles. The predicted molar refractivity (Wildman–Crippen MR) is 122 cm³/mol. The van der Waals surface area contributed by atoms with Gasteiger partial charge in [-0.15, -0.1) is 0 Å². The topological polar surface area (TPSA) is 105 Å². The Balaban J connectivity index is 1.79. The summed E-state index contributed by atoms with van der Waals surface area (Å²) in [7, 11) is -3.88. The molecule has 8 nitrogen and oxygen atoms in total. The number of amides is 2. The van der Waals surface area contributed by atoms with Gasteiger partial charge in [0.2, 0.25) is 10.0 Å². The Morgan fingerprint density at radius 3 is 2.42 bits per heavy atom. The average Bonchev–Trinajstić information content (AvgIpc) is 2.79. The summed E-state index contributed by atoms with van der Waals surface area (Å²) in [4.78, 5) is 24.9. The Bertz CT molecular complexity index is 1140. The van der Waals surface area contributed by atoms with Crippen LogP contribution in [0.5, 0.6) is 0 Å². The lowest BCUT2D eigenvalue weighted by atomic mass is 10.1. The summed E-state index contributed by atoms with van der Waals surface area (Å²) in [6, 6.07) is 7.90. The van der Waals surface area contributed by atoms with Crippen molar-refractivity contribution in [2.45, 2.75) is 25.7 Å². The molecule has 178 valence electrons. The van der Waals surface area contributed by atoms with Crippen LogP contribution in [0.3, 0.4) is 0 Å². The van der Waals surface area contributed by atoms with Gasteiger partial charge in [-0.1, -0.05) is 13.8 Å². The van der Waals surface area contributed by atoms with Gasteiger partial charge in [0.1, 0.15) is 5.82 Å². The zero-order valence-corrected chi connectivity index (χ0v) is 19.7. The molecule has 33 heavy (non-hydrogen) atoms. The Labute approximate surface area is 193 Å². The number of hydrogen-bond acceptors (Lipinski definition) is 5. The second kappa shape index (κ2) is 10.4. The number of carbonyl (C=O) groups is 2. The molecule has 0 aliphatic carbocycles. The van der Waals surface area contributed by atoms with Gasteiger partial charge in [0.25, 0.3) is 11.8 Å². The molecular weight excluding hydrogens is 449 g/mol. The van der Waals surface area contributed by atoms with Crippen molar-refractivity contribution in [1.29, 1.82) is 0 Å². The molecule has 10 heteroatoms. The number of sulfonamides is 1. The molecule has 0 bridgehead atoms. The lowest BCUT2D eigenvalue weighted by Crippen LogP contribution is -2.40. The van der Waals surface area contributed by atoms with Crippen molar-refractivity contribution in [2.24, 2.45) is 5.92 Å². The fraction of sp³-hybridized carbons (Fsp3) is 0.391. The van der Waals surface area contributed by atoms with Crippen LogP contribution in [-0.4, -0.2) is 57.4 Å². The van der Waals surface area contributed by atoms with E-state index in [1.54, 1.807) is 25.1 Å². The number of anilines is 1. The lowest BCUT2D eigenvalue weighted by molar-refractivity contribution is 0.0730. The van der Waals surface area contributed by atoms with Gasteiger partial charge in [0.15, 0.2) is 0 Å². The summed E-state index contributed by atoms with van der Waals surface area (Å²) in [5.74, 6) is -1.54. The first-order valence-electron chi connectivity index (χ1n) is 10.7. The molecule has 2 aromatic rings. The molecule has 0 atom stereocenters. The number of carbonyl (C=O) groups excluding carboxylic acids is 2. The highest BCUT2D eigenvalue weighted by Crippen LogP contribution is 2.23. The van der Waals surface area contributed by atoms with Crippen molar-refractivity contribution in [3.8, 4) is 0 Å². The van der Waals surface area contributed by atoms with E-state index in [0.29, 0.717) is 29.3 Å². The number of hydrogen-bond donors (Lipinski definition) is 2. The van der Waals surface area contributed by atoms with Crippen molar-refractivity contribution >= 4 is 27.5 Å². The maximum Gasteiger partial charge on any atom is 0.258 e. The van der Waals surface area contributed by atoms with Gasteiger partial charge in [-0.2, -0.15) is 4.31 Å². The minimum Gasteiger partial charge on any atom is -0.379 e. The molecule has 0 aromatic heterocycles. The summed E-state index contributed by atoms with van der Waals surface area (Å²) in [6.07, 6.45) is 0. The van der Waals surface area contributed by atoms with Gasteiger partial charge in [-0.05, 0) is 54.8 Å². The SMILES string of the molecule is Cc1cc(C(=O)NCC(C)C)ccc1NC(=O)c1cc(S(=O)(=O)N2CCOCC2)ccc1F. The maximum atomic E-state index is 14.4. The number of rotatable bonds is 7. The molecule has 3 rings (SSSR count). The van der Waals surface area contributed by atoms with Crippen LogP contribution in [0.4, 0.5) is 10.1 Å². The molecule has 1 fully saturated rings. The van der Waals surface area contributed by atoms with E-state index in [4.69, 9.17) is 4.74 Å². The van der Waals surface area contributed by atoms with E-state index in [0.717, 1.165) is 18.2 Å². The molecule has 2 amide bonds. The van der Waals surface area contributed by atoms with E-state index in [1.807, 2.05) is 13.8 Å². The first-order chi connectivity index (χ1) is 15.6. The maximum absolute atomic E-state index is 14.4. The third-order valence-corrected chi connectivity index (χ3v) is 7.09. The van der Waals surface area contributed by atoms with Crippen molar-refractivity contribution in [3.05, 3.63) is 58.9 Å². The third-order valence-electron chi connectivity index (χ3n) is 5.20. The highest BCUT2D eigenvalue weighted by atomic mass is 32.2. The summed E-state index contributed by atoms with van der Waals surface area (Å²) in [6.45, 7) is 7.17. The van der Waals surface area contributed by atoms with Gasteiger partial charge in [-0.25, -0.2) is 12.8 Å². The van der Waals surface area contributed by atoms with Crippen molar-refractivity contribution in [2.75, 3.05) is 38.2 Å². The average molecular weight is 478 g/mol. The summed E-state index contributed by atoms with van der Waals surface area (Å²) < 4.78 is 46.6. The van der Waals surface area contributed by atoms with Gasteiger partial charge in [0.05, 0.1) is 23.7 Å². The standard InChI is InChI=1S/C23H28FN3O5S/c1-15(2)14-25-22(28)17-4-7-21(16(3)12-17)26-23(29)19-13-18(5-6-20(19)24)33(30,31)27-8-10-32-11-9-27/h4-7,12-13,15H,8-11,14H2,1-3H3,(H,25,28)(H,26,29). The summed E-state index contributed by atoms with van der Waals surface area (Å²) in [5.41, 5.74) is 1.05. The minimum atomic E-state index is -3.88. The third kappa shape index (κ3) is 5.95. The van der Waals surface area contributed by atoms with Crippen LogP contribution in [0.2, 0.25) is 0 Å². The number of halogens is 1. The van der Waals surface area contributed by atoms with Gasteiger partial charge >= 0.3 is 0 Å². The normalized spacial score (nSPS) is 14.8. The molecule has 0 saturated carbocycles. The molecule has 1 heterocycles. The van der Waals surface area contributed by atoms with Crippen LogP contribution >= 0.6 is 0 Å². The monoisotopic (exact) mass is 477 g/mol. The molecule has 0 spiro atoms. The van der Waals surface area contributed by atoms with Crippen LogP contribution in [-0.2, 0) is 14.8 Å². The minimum absolute atomic E-state index is 0.162. The number of ether oxygens (including phenoxy) is 1. The number of nitrogens with one attached hydrogen (secondary N) is 2. The number of aryl methyl sites for hydroxylation is 1. The Morgan fingerprint density at radius 1 is 1.09 bits per heavy atom. The quantitative estimate of drug-likeness (QED) is 0.638. The van der Waals surface area contributed by atoms with E-state index in [2.05, 4.69) is 10.6 Å². The summed E-state index contributed by atoms with van der Waals surface area (Å²) >= 11 is 0. The molecule has 0 radical (unpaired) electrons. The lowest BCUT2D eigenvalue weighted by Gasteiger charge is -2.26. The van der Waals surface area contributed by atoms with E-state index in [-0.39, 0.29) is 42.7 Å². The first-order valence-corrected chi connectivity index (χ1v) is 12.1. The van der Waals surface area contributed by atoms with Crippen LogP contribution in [0.25, 0.3) is 0 Å². The first kappa shape index (κ1) is 24.8. The van der Waals surface area contributed by atoms with E-state index in [9.17, 15) is 22.4 Å². The van der Waals surface area contributed by atoms with Gasteiger partial charge < -0.3 is 15.4 Å². The highest BCUT2D eigenvalue weighted by Gasteiger charge is 2.28. The fourth-order valence-electron chi connectivity index (χ4n) is 3.31. The van der Waals surface area contributed by atoms with Crippen molar-refractivity contribution < 1.29 is 27.1 Å². The zero-order valence-electron chi connectivity index (χ0n) is 18.9. The second-order valence-electron chi connectivity index (χ2n) is 8.25. The largest absolute Gasteiger partial charge is 0.379 e. The number of benzene rings is 2. The molecule has 1 aliphatic rings. The number of morpholine rings is 1. The highest BCUT2D eigenvalue weighted by molar-refractivity contribution is 7.89. The van der Waals surface area contributed by atoms with E-state index < -0.39 is 21.7 Å².